The Hall–Kier alpha value is -2.86. The first kappa shape index (κ1) is 17.5. The van der Waals surface area contributed by atoms with E-state index in [1.807, 2.05) is 37.3 Å². The molecule has 2 heterocycles. The summed E-state index contributed by atoms with van der Waals surface area (Å²) in [6.45, 7) is 5.49. The van der Waals surface area contributed by atoms with Gasteiger partial charge in [-0.05, 0) is 42.8 Å². The number of nitrogens with zero attached hydrogens (tertiary/aromatic N) is 2. The summed E-state index contributed by atoms with van der Waals surface area (Å²) in [6.07, 6.45) is 2.64. The van der Waals surface area contributed by atoms with Crippen molar-refractivity contribution < 1.29 is 9.64 Å². The predicted molar refractivity (Wildman–Crippen MR) is 109 cm³/mol. The highest BCUT2D eigenvalue weighted by Gasteiger charge is 2.18. The molecule has 0 atom stereocenters. The van der Waals surface area contributed by atoms with Crippen LogP contribution in [-0.2, 0) is 6.54 Å². The van der Waals surface area contributed by atoms with Crippen molar-refractivity contribution in [2.45, 2.75) is 26.3 Å². The molecule has 6 heteroatoms. The number of methoxy groups -OCH3 is 1. The zero-order chi connectivity index (χ0) is 18.6. The minimum absolute atomic E-state index is 0.644. The summed E-state index contributed by atoms with van der Waals surface area (Å²) in [6, 6.07) is 14.2. The molecule has 4 rings (SSSR count). The number of rotatable bonds is 6. The molecular formula is C21H26N5O+. The first-order valence-electron chi connectivity index (χ1n) is 9.49. The molecule has 140 valence electrons. The molecule has 27 heavy (non-hydrogen) atoms. The summed E-state index contributed by atoms with van der Waals surface area (Å²) in [7, 11) is 1.74. The summed E-state index contributed by atoms with van der Waals surface area (Å²) in [4.78, 5) is 9.35. The maximum absolute atomic E-state index is 5.57. The number of benzene rings is 2. The average molecular weight is 364 g/mol. The molecule has 0 bridgehead atoms. The number of nitrogens with one attached hydrogen (secondary N) is 3. The fraction of sp³-hybridized carbons (Fsp3) is 0.333. The zero-order valence-electron chi connectivity index (χ0n) is 15.9. The molecule has 1 aliphatic heterocycles. The maximum atomic E-state index is 5.57. The lowest BCUT2D eigenvalue weighted by Crippen LogP contribution is -3.08. The van der Waals surface area contributed by atoms with Crippen LogP contribution in [-0.4, -0.2) is 35.9 Å². The van der Waals surface area contributed by atoms with Gasteiger partial charge in [-0.25, -0.2) is 10.4 Å². The van der Waals surface area contributed by atoms with Crippen molar-refractivity contribution in [3.05, 3.63) is 53.6 Å². The Labute approximate surface area is 159 Å². The Balaban J connectivity index is 1.52. The van der Waals surface area contributed by atoms with Gasteiger partial charge in [0.25, 0.3) is 0 Å². The number of imidazole rings is 1. The molecule has 1 fully saturated rings. The number of H-pyrrole nitrogens is 1. The molecule has 1 saturated heterocycles. The van der Waals surface area contributed by atoms with Crippen molar-refractivity contribution in [3.8, 4) is 5.75 Å². The van der Waals surface area contributed by atoms with E-state index in [1.54, 1.807) is 12.0 Å². The molecule has 3 aromatic rings. The van der Waals surface area contributed by atoms with Gasteiger partial charge in [0.05, 0.1) is 36.9 Å². The smallest absolute Gasteiger partial charge is 0.222 e. The molecule has 2 aromatic carbocycles. The number of likely N-dealkylation sites (tertiary alicyclic amines) is 1. The SMILES string of the molecule is COc1ccc(/C(C)=N\Nc2nc3ccccc3[nH]2)cc1C[NH+]1CCCC1. The van der Waals surface area contributed by atoms with E-state index < -0.39 is 0 Å². The molecule has 6 nitrogen and oxygen atoms in total. The molecule has 1 aliphatic rings. The van der Waals surface area contributed by atoms with Gasteiger partial charge >= 0.3 is 0 Å². The monoisotopic (exact) mass is 364 g/mol. The first-order valence-corrected chi connectivity index (χ1v) is 9.49. The quantitative estimate of drug-likeness (QED) is 0.465. The fourth-order valence-corrected chi connectivity index (χ4v) is 3.67. The number of aromatic nitrogens is 2. The van der Waals surface area contributed by atoms with E-state index in [4.69, 9.17) is 4.74 Å². The number of quaternary nitrogens is 1. The van der Waals surface area contributed by atoms with E-state index in [-0.39, 0.29) is 0 Å². The van der Waals surface area contributed by atoms with Crippen LogP contribution in [0.3, 0.4) is 0 Å². The Kier molecular flexibility index (Phi) is 5.07. The van der Waals surface area contributed by atoms with Crippen molar-refractivity contribution in [3.63, 3.8) is 0 Å². The van der Waals surface area contributed by atoms with Gasteiger partial charge in [0.2, 0.25) is 5.95 Å². The van der Waals surface area contributed by atoms with Crippen molar-refractivity contribution >= 4 is 22.7 Å². The van der Waals surface area contributed by atoms with Crippen molar-refractivity contribution in [2.24, 2.45) is 5.10 Å². The topological polar surface area (TPSA) is 66.7 Å². The highest BCUT2D eigenvalue weighted by Crippen LogP contribution is 2.20. The van der Waals surface area contributed by atoms with Gasteiger partial charge in [-0.2, -0.15) is 5.10 Å². The third-order valence-corrected chi connectivity index (χ3v) is 5.17. The normalized spacial score (nSPS) is 15.4. The summed E-state index contributed by atoms with van der Waals surface area (Å²) in [5.41, 5.74) is 8.20. The lowest BCUT2D eigenvalue weighted by Gasteiger charge is -2.15. The largest absolute Gasteiger partial charge is 0.496 e. The van der Waals surface area contributed by atoms with Crippen LogP contribution in [0.5, 0.6) is 5.75 Å². The molecule has 0 spiro atoms. The van der Waals surface area contributed by atoms with Gasteiger partial charge in [-0.1, -0.05) is 12.1 Å². The number of aromatic amines is 1. The molecule has 0 saturated carbocycles. The van der Waals surface area contributed by atoms with Gasteiger partial charge < -0.3 is 14.6 Å². The minimum atomic E-state index is 0.644. The molecule has 3 N–H and O–H groups in total. The summed E-state index contributed by atoms with van der Waals surface area (Å²) in [5.74, 6) is 1.60. The zero-order valence-corrected chi connectivity index (χ0v) is 15.9. The van der Waals surface area contributed by atoms with E-state index in [0.717, 1.165) is 34.6 Å². The Morgan fingerprint density at radius 3 is 2.81 bits per heavy atom. The third-order valence-electron chi connectivity index (χ3n) is 5.17. The third kappa shape index (κ3) is 3.95. The van der Waals surface area contributed by atoms with Crippen molar-refractivity contribution in [1.29, 1.82) is 0 Å². The van der Waals surface area contributed by atoms with Crippen LogP contribution >= 0.6 is 0 Å². The van der Waals surface area contributed by atoms with Crippen LogP contribution in [0.4, 0.5) is 5.95 Å². The average Bonchev–Trinajstić information content (AvgIpc) is 3.35. The molecular weight excluding hydrogens is 338 g/mol. The number of anilines is 1. The van der Waals surface area contributed by atoms with E-state index in [1.165, 1.54) is 31.5 Å². The maximum Gasteiger partial charge on any atom is 0.222 e. The van der Waals surface area contributed by atoms with E-state index in [9.17, 15) is 0 Å². The summed E-state index contributed by atoms with van der Waals surface area (Å²) < 4.78 is 5.57. The Morgan fingerprint density at radius 1 is 1.22 bits per heavy atom. The lowest BCUT2D eigenvalue weighted by atomic mass is 10.1. The Bertz CT molecular complexity index is 923. The predicted octanol–water partition coefficient (Wildman–Crippen LogP) is 2.59. The second-order valence-electron chi connectivity index (χ2n) is 7.07. The summed E-state index contributed by atoms with van der Waals surface area (Å²) in [5, 5.41) is 4.51. The van der Waals surface area contributed by atoms with Crippen molar-refractivity contribution in [1.82, 2.24) is 9.97 Å². The standard InChI is InChI=1S/C21H25N5O/c1-15(24-25-21-22-18-7-3-4-8-19(18)23-21)16-9-10-20(27-2)17(13-16)14-26-11-5-6-12-26/h3-4,7-10,13H,5-6,11-12,14H2,1-2H3,(H2,22,23,25)/p+1/b24-15-. The van der Waals surface area contributed by atoms with Gasteiger partial charge in [0, 0.05) is 18.4 Å². The second kappa shape index (κ2) is 7.80. The van der Waals surface area contributed by atoms with Crippen molar-refractivity contribution in [2.75, 3.05) is 25.6 Å². The van der Waals surface area contributed by atoms with E-state index in [0.29, 0.717) is 5.95 Å². The number of ether oxygens (including phenoxy) is 1. The van der Waals surface area contributed by atoms with Crippen LogP contribution < -0.4 is 15.1 Å². The van der Waals surface area contributed by atoms with Gasteiger partial charge in [-0.15, -0.1) is 0 Å². The molecule has 1 aromatic heterocycles. The number of hydrazone groups is 1. The highest BCUT2D eigenvalue weighted by molar-refractivity contribution is 5.99. The van der Waals surface area contributed by atoms with Gasteiger partial charge in [0.1, 0.15) is 12.3 Å². The number of para-hydroxylation sites is 2. The van der Waals surface area contributed by atoms with Gasteiger partial charge in [-0.3, -0.25) is 0 Å². The number of hydrogen-bond donors (Lipinski definition) is 3. The van der Waals surface area contributed by atoms with Crippen LogP contribution in [0.25, 0.3) is 11.0 Å². The Morgan fingerprint density at radius 2 is 2.04 bits per heavy atom. The van der Waals surface area contributed by atoms with E-state index >= 15 is 0 Å². The molecule has 0 aliphatic carbocycles. The van der Waals surface area contributed by atoms with E-state index in [2.05, 4.69) is 32.6 Å². The molecule has 0 unspecified atom stereocenters. The van der Waals surface area contributed by atoms with Crippen LogP contribution in [0.2, 0.25) is 0 Å². The highest BCUT2D eigenvalue weighted by atomic mass is 16.5. The van der Waals surface area contributed by atoms with Crippen LogP contribution in [0.1, 0.15) is 30.9 Å². The number of fused-ring (bicyclic) bond motifs is 1. The molecule has 0 radical (unpaired) electrons. The van der Waals surface area contributed by atoms with Crippen LogP contribution in [0, 0.1) is 0 Å². The first-order chi connectivity index (χ1) is 13.2. The number of hydrogen-bond acceptors (Lipinski definition) is 4. The fourth-order valence-electron chi connectivity index (χ4n) is 3.67. The molecule has 0 amide bonds. The second-order valence-corrected chi connectivity index (χ2v) is 7.07. The summed E-state index contributed by atoms with van der Waals surface area (Å²) >= 11 is 0. The minimum Gasteiger partial charge on any atom is -0.496 e. The lowest BCUT2D eigenvalue weighted by molar-refractivity contribution is -0.901. The van der Waals surface area contributed by atoms with Gasteiger partial charge in [0.15, 0.2) is 0 Å². The van der Waals surface area contributed by atoms with Crippen LogP contribution in [0.15, 0.2) is 47.6 Å².